The molecule has 0 bridgehead atoms. The SMILES string of the molecule is NNC(=O)c1nnc(C(=O)N2CCN(C(=O)O)CC2)cc1Cc1cccc2ccccc12. The fourth-order valence-corrected chi connectivity index (χ4v) is 3.84. The molecule has 32 heavy (non-hydrogen) atoms. The number of nitrogen functional groups attached to an aromatic ring is 1. The molecular weight excluding hydrogens is 412 g/mol. The maximum atomic E-state index is 13.0. The predicted molar refractivity (Wildman–Crippen MR) is 116 cm³/mol. The van der Waals surface area contributed by atoms with Crippen molar-refractivity contribution in [3.8, 4) is 0 Å². The van der Waals surface area contributed by atoms with Gasteiger partial charge in [-0.2, -0.15) is 0 Å². The summed E-state index contributed by atoms with van der Waals surface area (Å²) in [6, 6.07) is 15.3. The Labute approximate surface area is 183 Å². The van der Waals surface area contributed by atoms with Crippen molar-refractivity contribution < 1.29 is 19.5 Å². The van der Waals surface area contributed by atoms with E-state index in [1.165, 1.54) is 9.80 Å². The van der Waals surface area contributed by atoms with Crippen molar-refractivity contribution in [2.24, 2.45) is 5.84 Å². The van der Waals surface area contributed by atoms with Gasteiger partial charge < -0.3 is 14.9 Å². The highest BCUT2D eigenvalue weighted by Crippen LogP contribution is 2.23. The Morgan fingerprint density at radius 1 is 0.938 bits per heavy atom. The molecule has 2 aromatic carbocycles. The number of piperazine rings is 1. The number of fused-ring (bicyclic) bond motifs is 1. The van der Waals surface area contributed by atoms with E-state index in [0.717, 1.165) is 16.3 Å². The van der Waals surface area contributed by atoms with E-state index < -0.39 is 12.0 Å². The summed E-state index contributed by atoms with van der Waals surface area (Å²) in [5.41, 5.74) is 3.71. The summed E-state index contributed by atoms with van der Waals surface area (Å²) in [6.07, 6.45) is -0.654. The molecular formula is C22H22N6O4. The van der Waals surface area contributed by atoms with Gasteiger partial charge in [-0.25, -0.2) is 10.6 Å². The average molecular weight is 434 g/mol. The molecule has 4 N–H and O–H groups in total. The van der Waals surface area contributed by atoms with Gasteiger partial charge in [-0.1, -0.05) is 42.5 Å². The van der Waals surface area contributed by atoms with Crippen molar-refractivity contribution in [3.63, 3.8) is 0 Å². The zero-order valence-electron chi connectivity index (χ0n) is 17.2. The summed E-state index contributed by atoms with van der Waals surface area (Å²) in [5, 5.41) is 19.1. The summed E-state index contributed by atoms with van der Waals surface area (Å²) < 4.78 is 0. The third-order valence-electron chi connectivity index (χ3n) is 5.54. The van der Waals surface area contributed by atoms with Gasteiger partial charge in [-0.15, -0.1) is 10.2 Å². The van der Waals surface area contributed by atoms with Crippen LogP contribution >= 0.6 is 0 Å². The molecule has 3 aromatic rings. The summed E-state index contributed by atoms with van der Waals surface area (Å²) in [5.74, 6) is 4.36. The summed E-state index contributed by atoms with van der Waals surface area (Å²) in [4.78, 5) is 39.1. The van der Waals surface area contributed by atoms with Gasteiger partial charge in [0.15, 0.2) is 11.4 Å². The average Bonchev–Trinajstić information content (AvgIpc) is 2.83. The molecule has 0 atom stereocenters. The van der Waals surface area contributed by atoms with Crippen LogP contribution in [0.1, 0.15) is 32.1 Å². The Kier molecular flexibility index (Phi) is 5.95. The van der Waals surface area contributed by atoms with Gasteiger partial charge in [-0.05, 0) is 28.0 Å². The summed E-state index contributed by atoms with van der Waals surface area (Å²) >= 11 is 0. The monoisotopic (exact) mass is 434 g/mol. The van der Waals surface area contributed by atoms with E-state index in [2.05, 4.69) is 15.6 Å². The lowest BCUT2D eigenvalue weighted by Gasteiger charge is -2.32. The van der Waals surface area contributed by atoms with Gasteiger partial charge in [-0.3, -0.25) is 15.0 Å². The maximum Gasteiger partial charge on any atom is 0.407 e. The van der Waals surface area contributed by atoms with Crippen LogP contribution in [-0.4, -0.2) is 69.2 Å². The second-order valence-electron chi connectivity index (χ2n) is 7.45. The molecule has 4 rings (SSSR count). The topological polar surface area (TPSA) is 142 Å². The highest BCUT2D eigenvalue weighted by atomic mass is 16.4. The number of carbonyl (C=O) groups is 3. The van der Waals surface area contributed by atoms with Gasteiger partial charge in [0.2, 0.25) is 0 Å². The van der Waals surface area contributed by atoms with Crippen LogP contribution in [0.4, 0.5) is 4.79 Å². The number of carboxylic acid groups (broad SMARTS) is 1. The number of rotatable bonds is 4. The highest BCUT2D eigenvalue weighted by molar-refractivity contribution is 5.96. The van der Waals surface area contributed by atoms with E-state index in [0.29, 0.717) is 12.0 Å². The molecule has 164 valence electrons. The molecule has 1 aliphatic heterocycles. The van der Waals surface area contributed by atoms with Gasteiger partial charge in [0.1, 0.15) is 0 Å². The Balaban J connectivity index is 1.65. The van der Waals surface area contributed by atoms with E-state index in [4.69, 9.17) is 10.9 Å². The molecule has 1 saturated heterocycles. The van der Waals surface area contributed by atoms with Gasteiger partial charge in [0.05, 0.1) is 0 Å². The molecule has 1 aliphatic rings. The lowest BCUT2D eigenvalue weighted by Crippen LogP contribution is -2.50. The van der Waals surface area contributed by atoms with Gasteiger partial charge >= 0.3 is 6.09 Å². The molecule has 1 fully saturated rings. The van der Waals surface area contributed by atoms with Crippen LogP contribution < -0.4 is 11.3 Å². The lowest BCUT2D eigenvalue weighted by atomic mass is 9.97. The smallest absolute Gasteiger partial charge is 0.407 e. The molecule has 0 radical (unpaired) electrons. The number of carbonyl (C=O) groups excluding carboxylic acids is 2. The number of amides is 3. The lowest BCUT2D eigenvalue weighted by molar-refractivity contribution is 0.0618. The highest BCUT2D eigenvalue weighted by Gasteiger charge is 2.26. The Bertz CT molecular complexity index is 1180. The number of nitrogens with one attached hydrogen (secondary N) is 1. The Morgan fingerprint density at radius 3 is 2.34 bits per heavy atom. The van der Waals surface area contributed by atoms with Gasteiger partial charge in [0, 0.05) is 32.6 Å². The van der Waals surface area contributed by atoms with E-state index in [-0.39, 0.29) is 43.5 Å². The van der Waals surface area contributed by atoms with Crippen LogP contribution in [-0.2, 0) is 6.42 Å². The second-order valence-corrected chi connectivity index (χ2v) is 7.45. The zero-order chi connectivity index (χ0) is 22.7. The predicted octanol–water partition coefficient (Wildman–Crippen LogP) is 1.26. The first-order valence-corrected chi connectivity index (χ1v) is 10.1. The van der Waals surface area contributed by atoms with Crippen LogP contribution in [0.5, 0.6) is 0 Å². The molecule has 0 saturated carbocycles. The van der Waals surface area contributed by atoms with Crippen LogP contribution in [0, 0.1) is 0 Å². The number of nitrogens with zero attached hydrogens (tertiary/aromatic N) is 4. The molecule has 10 heteroatoms. The molecule has 0 unspecified atom stereocenters. The number of aromatic nitrogens is 2. The van der Waals surface area contributed by atoms with Crippen LogP contribution in [0.15, 0.2) is 48.5 Å². The molecule has 0 spiro atoms. The van der Waals surface area contributed by atoms with Crippen molar-refractivity contribution in [1.82, 2.24) is 25.4 Å². The molecule has 1 aromatic heterocycles. The van der Waals surface area contributed by atoms with Crippen molar-refractivity contribution in [3.05, 3.63) is 71.0 Å². The minimum absolute atomic E-state index is 0.0488. The van der Waals surface area contributed by atoms with E-state index in [1.807, 2.05) is 42.5 Å². The van der Waals surface area contributed by atoms with Crippen molar-refractivity contribution in [2.45, 2.75) is 6.42 Å². The largest absolute Gasteiger partial charge is 0.465 e. The first-order valence-electron chi connectivity index (χ1n) is 10.1. The van der Waals surface area contributed by atoms with Crippen molar-refractivity contribution in [2.75, 3.05) is 26.2 Å². The molecule has 0 aliphatic carbocycles. The van der Waals surface area contributed by atoms with Crippen LogP contribution in [0.3, 0.4) is 0 Å². The number of nitrogens with two attached hydrogens (primary N) is 1. The fraction of sp³-hybridized carbons (Fsp3) is 0.227. The van der Waals surface area contributed by atoms with Gasteiger partial charge in [0.25, 0.3) is 11.8 Å². The van der Waals surface area contributed by atoms with Crippen molar-refractivity contribution >= 4 is 28.7 Å². The van der Waals surface area contributed by atoms with E-state index in [9.17, 15) is 14.4 Å². The van der Waals surface area contributed by atoms with E-state index in [1.54, 1.807) is 6.07 Å². The molecule has 3 amide bonds. The third kappa shape index (κ3) is 4.21. The summed E-state index contributed by atoms with van der Waals surface area (Å²) in [6.45, 7) is 0.975. The number of hydrogen-bond donors (Lipinski definition) is 3. The molecule has 2 heterocycles. The van der Waals surface area contributed by atoms with Crippen LogP contribution in [0.25, 0.3) is 10.8 Å². The zero-order valence-corrected chi connectivity index (χ0v) is 17.2. The maximum absolute atomic E-state index is 13.0. The first-order chi connectivity index (χ1) is 15.5. The number of hydrogen-bond acceptors (Lipinski definition) is 6. The van der Waals surface area contributed by atoms with Crippen LogP contribution in [0.2, 0.25) is 0 Å². The Morgan fingerprint density at radius 2 is 1.62 bits per heavy atom. The van der Waals surface area contributed by atoms with E-state index >= 15 is 0 Å². The fourth-order valence-electron chi connectivity index (χ4n) is 3.84. The molecule has 10 nitrogen and oxygen atoms in total. The second kappa shape index (κ2) is 8.98. The first kappa shape index (κ1) is 21.2. The quantitative estimate of drug-likeness (QED) is 0.319. The number of benzene rings is 2. The Hall–Kier alpha value is -4.05. The summed E-state index contributed by atoms with van der Waals surface area (Å²) in [7, 11) is 0. The van der Waals surface area contributed by atoms with Crippen molar-refractivity contribution in [1.29, 1.82) is 0 Å². The minimum Gasteiger partial charge on any atom is -0.465 e. The number of hydrazine groups is 1. The third-order valence-corrected chi connectivity index (χ3v) is 5.54. The normalized spacial score (nSPS) is 13.8. The standard InChI is InChI=1S/C22H22N6O4/c23-24-20(29)19-16(12-15-6-3-5-14-4-1-2-7-17(14)15)13-18(25-26-19)21(30)27-8-10-28(11-9-27)22(31)32/h1-7,13H,8-12,23H2,(H,24,29)(H,31,32). The minimum atomic E-state index is -1.01.